The minimum absolute atomic E-state index is 0.303. The lowest BCUT2D eigenvalue weighted by molar-refractivity contribution is -0.140. The van der Waals surface area contributed by atoms with Gasteiger partial charge >= 0.3 is 12.0 Å². The maximum Gasteiger partial charge on any atom is 0.327 e. The van der Waals surface area contributed by atoms with E-state index < -0.39 is 12.0 Å². The van der Waals surface area contributed by atoms with Crippen LogP contribution < -0.4 is 5.32 Å². The summed E-state index contributed by atoms with van der Waals surface area (Å²) in [6, 6.07) is -1.01. The van der Waals surface area contributed by atoms with E-state index in [0.29, 0.717) is 18.2 Å². The number of hydrogen-bond acceptors (Lipinski definition) is 4. The number of amides is 2. The van der Waals surface area contributed by atoms with Crippen molar-refractivity contribution in [3.8, 4) is 0 Å². The lowest BCUT2D eigenvalue weighted by Gasteiger charge is -2.20. The summed E-state index contributed by atoms with van der Waals surface area (Å²) in [5, 5.41) is 11.7. The van der Waals surface area contributed by atoms with Crippen molar-refractivity contribution in [2.75, 3.05) is 18.2 Å². The number of carbonyl (C=O) groups is 2. The molecule has 1 saturated heterocycles. The van der Waals surface area contributed by atoms with Gasteiger partial charge in [0, 0.05) is 31.2 Å². The molecule has 7 nitrogen and oxygen atoms in total. The fourth-order valence-electron chi connectivity index (χ4n) is 1.82. The molecule has 1 atom stereocenters. The molecule has 2 N–H and O–H groups in total. The van der Waals surface area contributed by atoms with E-state index in [-0.39, 0.29) is 6.03 Å². The van der Waals surface area contributed by atoms with Gasteiger partial charge in [-0.25, -0.2) is 14.6 Å². The minimum atomic E-state index is -0.946. The van der Waals surface area contributed by atoms with Crippen LogP contribution in [-0.4, -0.2) is 55.8 Å². The number of carboxylic acids is 1. The Hall–Kier alpha value is -1.70. The minimum Gasteiger partial charge on any atom is -0.480 e. The van der Waals surface area contributed by atoms with E-state index in [4.69, 9.17) is 5.11 Å². The van der Waals surface area contributed by atoms with E-state index in [0.717, 1.165) is 13.0 Å². The molecule has 2 heterocycles. The average Bonchev–Trinajstić information content (AvgIpc) is 3.04. The number of thioether (sulfide) groups is 1. The zero-order valence-electron chi connectivity index (χ0n) is 10.4. The summed E-state index contributed by atoms with van der Waals surface area (Å²) in [4.78, 5) is 28.1. The Balaban J connectivity index is 1.70. The summed E-state index contributed by atoms with van der Waals surface area (Å²) < 4.78 is 1.93. The molecule has 104 valence electrons. The highest BCUT2D eigenvalue weighted by Gasteiger charge is 2.34. The number of urea groups is 1. The SMILES string of the molecule is O=C(O)[C@@H]1CSCN1C(=O)NCCCn1ccnc1. The molecule has 2 amide bonds. The first-order chi connectivity index (χ1) is 9.18. The van der Waals surface area contributed by atoms with Gasteiger partial charge in [-0.3, -0.25) is 0 Å². The molecule has 0 saturated carbocycles. The quantitative estimate of drug-likeness (QED) is 0.766. The molecule has 2 rings (SSSR count). The largest absolute Gasteiger partial charge is 0.480 e. The first kappa shape index (κ1) is 13.7. The van der Waals surface area contributed by atoms with Crippen molar-refractivity contribution < 1.29 is 14.7 Å². The summed E-state index contributed by atoms with van der Waals surface area (Å²) in [6.07, 6.45) is 6.07. The molecule has 1 aliphatic heterocycles. The number of hydrogen-bond donors (Lipinski definition) is 2. The van der Waals surface area contributed by atoms with Gasteiger partial charge < -0.3 is 19.9 Å². The van der Waals surface area contributed by atoms with Crippen molar-refractivity contribution in [2.24, 2.45) is 0 Å². The summed E-state index contributed by atoms with van der Waals surface area (Å²) in [5.41, 5.74) is 0. The molecular weight excluding hydrogens is 268 g/mol. The van der Waals surface area contributed by atoms with Crippen molar-refractivity contribution in [1.82, 2.24) is 19.8 Å². The third-order valence-electron chi connectivity index (χ3n) is 2.86. The van der Waals surface area contributed by atoms with Crippen LogP contribution in [-0.2, 0) is 11.3 Å². The number of imidazole rings is 1. The van der Waals surface area contributed by atoms with Gasteiger partial charge in [0.2, 0.25) is 0 Å². The van der Waals surface area contributed by atoms with Crippen molar-refractivity contribution in [1.29, 1.82) is 0 Å². The first-order valence-electron chi connectivity index (χ1n) is 5.99. The van der Waals surface area contributed by atoms with E-state index >= 15 is 0 Å². The van der Waals surface area contributed by atoms with Gasteiger partial charge in [0.05, 0.1) is 12.2 Å². The topological polar surface area (TPSA) is 87.5 Å². The van der Waals surface area contributed by atoms with Gasteiger partial charge in [-0.1, -0.05) is 0 Å². The van der Waals surface area contributed by atoms with Gasteiger partial charge in [0.1, 0.15) is 6.04 Å². The summed E-state index contributed by atoms with van der Waals surface area (Å²) in [6.45, 7) is 1.29. The number of nitrogens with one attached hydrogen (secondary N) is 1. The van der Waals surface area contributed by atoms with Crippen molar-refractivity contribution in [3.63, 3.8) is 0 Å². The zero-order valence-corrected chi connectivity index (χ0v) is 11.2. The Labute approximate surface area is 115 Å². The number of aliphatic carboxylic acids is 1. The van der Waals surface area contributed by atoms with E-state index in [1.54, 1.807) is 12.5 Å². The van der Waals surface area contributed by atoms with E-state index in [1.807, 2.05) is 10.8 Å². The van der Waals surface area contributed by atoms with E-state index in [2.05, 4.69) is 10.3 Å². The lowest BCUT2D eigenvalue weighted by atomic mass is 10.3. The number of aryl methyl sites for hydroxylation is 1. The molecule has 1 aliphatic rings. The fourth-order valence-corrected chi connectivity index (χ4v) is 2.97. The number of carboxylic acid groups (broad SMARTS) is 1. The smallest absolute Gasteiger partial charge is 0.327 e. The molecule has 19 heavy (non-hydrogen) atoms. The highest BCUT2D eigenvalue weighted by molar-refractivity contribution is 7.99. The third-order valence-corrected chi connectivity index (χ3v) is 3.87. The third kappa shape index (κ3) is 3.63. The molecule has 1 aromatic heterocycles. The molecule has 0 aliphatic carbocycles. The van der Waals surface area contributed by atoms with Crippen LogP contribution in [0.25, 0.3) is 0 Å². The molecule has 1 aromatic rings. The van der Waals surface area contributed by atoms with Gasteiger partial charge in [-0.2, -0.15) is 0 Å². The molecule has 0 bridgehead atoms. The van der Waals surface area contributed by atoms with Crippen LogP contribution in [0.3, 0.4) is 0 Å². The fraction of sp³-hybridized carbons (Fsp3) is 0.545. The van der Waals surface area contributed by atoms with Crippen LogP contribution >= 0.6 is 11.8 Å². The second-order valence-electron chi connectivity index (χ2n) is 4.21. The van der Waals surface area contributed by atoms with Crippen LogP contribution in [0.15, 0.2) is 18.7 Å². The summed E-state index contributed by atoms with van der Waals surface area (Å²) >= 11 is 1.46. The van der Waals surface area contributed by atoms with Gasteiger partial charge in [-0.05, 0) is 6.42 Å². The highest BCUT2D eigenvalue weighted by atomic mass is 32.2. The van der Waals surface area contributed by atoms with E-state index in [9.17, 15) is 9.59 Å². The molecule has 1 fully saturated rings. The number of aromatic nitrogens is 2. The maximum atomic E-state index is 11.8. The predicted octanol–water partition coefficient (Wildman–Crippen LogP) is 0.442. The Kier molecular flexibility index (Phi) is 4.67. The molecular formula is C11H16N4O3S. The van der Waals surface area contributed by atoms with E-state index in [1.165, 1.54) is 16.7 Å². The van der Waals surface area contributed by atoms with Crippen LogP contribution in [0, 0.1) is 0 Å². The van der Waals surface area contributed by atoms with Gasteiger partial charge in [-0.15, -0.1) is 11.8 Å². The Morgan fingerprint density at radius 3 is 3.05 bits per heavy atom. The van der Waals surface area contributed by atoms with Crippen LogP contribution in [0.2, 0.25) is 0 Å². The monoisotopic (exact) mass is 284 g/mol. The number of nitrogens with zero attached hydrogens (tertiary/aromatic N) is 3. The highest BCUT2D eigenvalue weighted by Crippen LogP contribution is 2.20. The number of rotatable bonds is 5. The van der Waals surface area contributed by atoms with Crippen molar-refractivity contribution in [2.45, 2.75) is 19.0 Å². The number of carbonyl (C=O) groups excluding carboxylic acids is 1. The molecule has 0 radical (unpaired) electrons. The maximum absolute atomic E-state index is 11.8. The van der Waals surface area contributed by atoms with Gasteiger partial charge in [0.25, 0.3) is 0 Å². The Morgan fingerprint density at radius 1 is 1.53 bits per heavy atom. The summed E-state index contributed by atoms with van der Waals surface area (Å²) in [5.74, 6) is -0.0548. The molecule has 0 unspecified atom stereocenters. The second kappa shape index (κ2) is 6.46. The van der Waals surface area contributed by atoms with Crippen molar-refractivity contribution in [3.05, 3.63) is 18.7 Å². The van der Waals surface area contributed by atoms with Crippen LogP contribution in [0.5, 0.6) is 0 Å². The molecule has 8 heteroatoms. The normalized spacial score (nSPS) is 18.5. The Bertz CT molecular complexity index is 437. The van der Waals surface area contributed by atoms with Crippen molar-refractivity contribution >= 4 is 23.8 Å². The second-order valence-corrected chi connectivity index (χ2v) is 5.21. The first-order valence-corrected chi connectivity index (χ1v) is 7.14. The average molecular weight is 284 g/mol. The Morgan fingerprint density at radius 2 is 2.37 bits per heavy atom. The standard InChI is InChI=1S/C11H16N4O3S/c16-10(17)9-6-19-8-15(9)11(18)13-2-1-4-14-5-3-12-7-14/h3,5,7,9H,1-2,4,6,8H2,(H,13,18)(H,16,17)/t9-/m0/s1. The molecule has 0 spiro atoms. The van der Waals surface area contributed by atoms with Crippen LogP contribution in [0.1, 0.15) is 6.42 Å². The zero-order chi connectivity index (χ0) is 13.7. The predicted molar refractivity (Wildman–Crippen MR) is 70.8 cm³/mol. The molecule has 0 aromatic carbocycles. The summed E-state index contributed by atoms with van der Waals surface area (Å²) in [7, 11) is 0. The van der Waals surface area contributed by atoms with Gasteiger partial charge in [0.15, 0.2) is 0 Å². The lowest BCUT2D eigenvalue weighted by Crippen LogP contribution is -2.47. The van der Waals surface area contributed by atoms with Crippen LogP contribution in [0.4, 0.5) is 4.79 Å².